The molecule has 5 nitrogen and oxygen atoms in total. The smallest absolute Gasteiger partial charge is 0.255 e. The quantitative estimate of drug-likeness (QED) is 0.590. The molecule has 1 aromatic carbocycles. The maximum Gasteiger partial charge on any atom is 0.255 e. The molecule has 3 rings (SSSR count). The first kappa shape index (κ1) is 18.0. The lowest BCUT2D eigenvalue weighted by Crippen LogP contribution is -2.12. The Morgan fingerprint density at radius 3 is 2.73 bits per heavy atom. The average Bonchev–Trinajstić information content (AvgIpc) is 3.02. The number of hydrogen-bond acceptors (Lipinski definition) is 3. The number of pyridine rings is 1. The number of hydrogen-bond donors (Lipinski definition) is 1. The van der Waals surface area contributed by atoms with E-state index in [9.17, 15) is 4.79 Å². The predicted octanol–water partition coefficient (Wildman–Crippen LogP) is 4.85. The molecule has 0 aliphatic carbocycles. The summed E-state index contributed by atoms with van der Waals surface area (Å²) in [5.74, 6) is 0.676. The molecule has 0 saturated heterocycles. The lowest BCUT2D eigenvalue weighted by atomic mass is 10.2. The highest BCUT2D eigenvalue weighted by Crippen LogP contribution is 2.17. The molecule has 0 aliphatic heterocycles. The zero-order chi connectivity index (χ0) is 18.4. The second kappa shape index (κ2) is 8.52. The molecule has 0 radical (unpaired) electrons. The Kier molecular flexibility index (Phi) is 5.89. The molecule has 1 amide bonds. The highest BCUT2D eigenvalue weighted by atomic mass is 16.5. The van der Waals surface area contributed by atoms with E-state index in [1.807, 2.05) is 48.0 Å². The number of carbonyl (C=O) groups excluding carboxylic acids is 1. The molecule has 0 spiro atoms. The third kappa shape index (κ3) is 4.63. The molecule has 1 N–H and O–H groups in total. The molecular weight excluding hydrogens is 326 g/mol. The van der Waals surface area contributed by atoms with E-state index < -0.39 is 0 Å². The Bertz CT molecular complexity index is 869. The summed E-state index contributed by atoms with van der Waals surface area (Å²) in [6.45, 7) is 4.86. The standard InChI is InChI=1S/C21H25N3O2/c1-3-4-5-6-13-26-19-9-7-18(8-10-19)23-21(25)17-11-12-24-15-16(2)22-20(24)14-17/h7-12,14-15H,3-6,13H2,1-2H3,(H,23,25). The van der Waals surface area contributed by atoms with Gasteiger partial charge < -0.3 is 14.5 Å². The molecule has 0 saturated carbocycles. The van der Waals surface area contributed by atoms with Crippen LogP contribution in [0.15, 0.2) is 48.8 Å². The van der Waals surface area contributed by atoms with Crippen molar-refractivity contribution in [2.24, 2.45) is 0 Å². The lowest BCUT2D eigenvalue weighted by Gasteiger charge is -2.08. The highest BCUT2D eigenvalue weighted by Gasteiger charge is 2.08. The fourth-order valence-electron chi connectivity index (χ4n) is 2.81. The van der Waals surface area contributed by atoms with Crippen LogP contribution in [0.4, 0.5) is 5.69 Å². The van der Waals surface area contributed by atoms with Crippen LogP contribution in [0.2, 0.25) is 0 Å². The highest BCUT2D eigenvalue weighted by molar-refractivity contribution is 6.04. The molecule has 136 valence electrons. The fraction of sp³-hybridized carbons (Fsp3) is 0.333. The van der Waals surface area contributed by atoms with Gasteiger partial charge in [0.1, 0.15) is 11.4 Å². The molecule has 26 heavy (non-hydrogen) atoms. The Morgan fingerprint density at radius 2 is 1.96 bits per heavy atom. The van der Waals surface area contributed by atoms with Crippen molar-refractivity contribution in [1.82, 2.24) is 9.38 Å². The van der Waals surface area contributed by atoms with Gasteiger partial charge in [-0.15, -0.1) is 0 Å². The number of anilines is 1. The fourth-order valence-corrected chi connectivity index (χ4v) is 2.81. The first-order chi connectivity index (χ1) is 12.7. The molecule has 3 aromatic rings. The van der Waals surface area contributed by atoms with Gasteiger partial charge in [-0.05, 0) is 49.7 Å². The maximum atomic E-state index is 12.4. The van der Waals surface area contributed by atoms with E-state index in [0.717, 1.165) is 35.8 Å². The second-order valence-corrected chi connectivity index (χ2v) is 6.45. The van der Waals surface area contributed by atoms with Gasteiger partial charge in [-0.2, -0.15) is 0 Å². The summed E-state index contributed by atoms with van der Waals surface area (Å²) in [6.07, 6.45) is 8.52. The van der Waals surface area contributed by atoms with Crippen LogP contribution in [-0.4, -0.2) is 21.9 Å². The Hall–Kier alpha value is -2.82. The van der Waals surface area contributed by atoms with Crippen molar-refractivity contribution in [3.63, 3.8) is 0 Å². The van der Waals surface area contributed by atoms with E-state index in [4.69, 9.17) is 4.74 Å². The number of unbranched alkanes of at least 4 members (excludes halogenated alkanes) is 3. The number of benzene rings is 1. The van der Waals surface area contributed by atoms with Crippen molar-refractivity contribution in [2.75, 3.05) is 11.9 Å². The van der Waals surface area contributed by atoms with Gasteiger partial charge in [0.05, 0.1) is 12.3 Å². The predicted molar refractivity (Wildman–Crippen MR) is 104 cm³/mol. The van der Waals surface area contributed by atoms with Crippen molar-refractivity contribution in [3.8, 4) is 5.75 Å². The minimum Gasteiger partial charge on any atom is -0.494 e. The summed E-state index contributed by atoms with van der Waals surface area (Å²) in [5, 5.41) is 2.91. The van der Waals surface area contributed by atoms with Gasteiger partial charge in [-0.3, -0.25) is 4.79 Å². The van der Waals surface area contributed by atoms with Crippen molar-refractivity contribution < 1.29 is 9.53 Å². The normalized spacial score (nSPS) is 10.8. The minimum absolute atomic E-state index is 0.151. The average molecular weight is 351 g/mol. The SMILES string of the molecule is CCCCCCOc1ccc(NC(=O)c2ccn3cc(C)nc3c2)cc1. The van der Waals surface area contributed by atoms with Gasteiger partial charge in [0.25, 0.3) is 5.91 Å². The molecule has 2 heterocycles. The summed E-state index contributed by atoms with van der Waals surface area (Å²) in [7, 11) is 0. The molecular formula is C21H25N3O2. The van der Waals surface area contributed by atoms with Crippen molar-refractivity contribution in [3.05, 3.63) is 60.0 Å². The summed E-state index contributed by atoms with van der Waals surface area (Å²) in [5.41, 5.74) is 3.02. The number of fused-ring (bicyclic) bond motifs is 1. The van der Waals surface area contributed by atoms with Crippen LogP contribution in [-0.2, 0) is 0 Å². The van der Waals surface area contributed by atoms with Gasteiger partial charge in [0.2, 0.25) is 0 Å². The second-order valence-electron chi connectivity index (χ2n) is 6.45. The van der Waals surface area contributed by atoms with E-state index in [2.05, 4.69) is 17.2 Å². The molecule has 0 bridgehead atoms. The molecule has 0 atom stereocenters. The zero-order valence-electron chi connectivity index (χ0n) is 15.4. The van der Waals surface area contributed by atoms with E-state index in [-0.39, 0.29) is 5.91 Å². The topological polar surface area (TPSA) is 55.6 Å². The van der Waals surface area contributed by atoms with Crippen LogP contribution in [0.3, 0.4) is 0 Å². The summed E-state index contributed by atoms with van der Waals surface area (Å²) in [6, 6.07) is 11.1. The largest absolute Gasteiger partial charge is 0.494 e. The van der Waals surface area contributed by atoms with Gasteiger partial charge in [0.15, 0.2) is 0 Å². The molecule has 2 aromatic heterocycles. The van der Waals surface area contributed by atoms with Crippen molar-refractivity contribution in [1.29, 1.82) is 0 Å². The van der Waals surface area contributed by atoms with E-state index in [0.29, 0.717) is 5.56 Å². The number of rotatable bonds is 8. The number of nitrogens with zero attached hydrogens (tertiary/aromatic N) is 2. The van der Waals surface area contributed by atoms with Crippen molar-refractivity contribution in [2.45, 2.75) is 39.5 Å². The number of amides is 1. The monoisotopic (exact) mass is 351 g/mol. The number of carbonyl (C=O) groups is 1. The van der Waals surface area contributed by atoms with Crippen molar-refractivity contribution >= 4 is 17.2 Å². The maximum absolute atomic E-state index is 12.4. The Balaban J connectivity index is 1.56. The number of nitrogens with one attached hydrogen (secondary N) is 1. The molecule has 5 heteroatoms. The van der Waals surface area contributed by atoms with Gasteiger partial charge in [0, 0.05) is 23.6 Å². The minimum atomic E-state index is -0.151. The van der Waals surface area contributed by atoms with E-state index >= 15 is 0 Å². The summed E-state index contributed by atoms with van der Waals surface area (Å²) in [4.78, 5) is 16.8. The van der Waals surface area contributed by atoms with Crippen LogP contribution in [0, 0.1) is 6.92 Å². The molecule has 0 aliphatic rings. The van der Waals surface area contributed by atoms with Crippen LogP contribution in [0.5, 0.6) is 5.75 Å². The third-order valence-electron chi connectivity index (χ3n) is 4.22. The van der Waals surface area contributed by atoms with Gasteiger partial charge in [-0.25, -0.2) is 4.98 Å². The van der Waals surface area contributed by atoms with Gasteiger partial charge >= 0.3 is 0 Å². The Labute approximate surface area is 154 Å². The van der Waals surface area contributed by atoms with Gasteiger partial charge in [-0.1, -0.05) is 26.2 Å². The Morgan fingerprint density at radius 1 is 1.15 bits per heavy atom. The molecule has 0 unspecified atom stereocenters. The number of aromatic nitrogens is 2. The van der Waals surface area contributed by atoms with Crippen LogP contribution < -0.4 is 10.1 Å². The number of imidazole rings is 1. The lowest BCUT2D eigenvalue weighted by molar-refractivity contribution is 0.102. The number of ether oxygens (including phenoxy) is 1. The zero-order valence-corrected chi connectivity index (χ0v) is 15.4. The van der Waals surface area contributed by atoms with Crippen LogP contribution in [0.25, 0.3) is 5.65 Å². The first-order valence-electron chi connectivity index (χ1n) is 9.15. The van der Waals surface area contributed by atoms with Crippen LogP contribution in [0.1, 0.15) is 48.7 Å². The third-order valence-corrected chi connectivity index (χ3v) is 4.22. The summed E-state index contributed by atoms with van der Waals surface area (Å²) >= 11 is 0. The van der Waals surface area contributed by atoms with E-state index in [1.54, 1.807) is 12.1 Å². The number of aryl methyl sites for hydroxylation is 1. The van der Waals surface area contributed by atoms with E-state index in [1.165, 1.54) is 19.3 Å². The first-order valence-corrected chi connectivity index (χ1v) is 9.15. The molecule has 0 fully saturated rings. The van der Waals surface area contributed by atoms with Crippen LogP contribution >= 0.6 is 0 Å². The summed E-state index contributed by atoms with van der Waals surface area (Å²) < 4.78 is 7.63.